The lowest BCUT2D eigenvalue weighted by Gasteiger charge is -2.12. The molecule has 0 saturated heterocycles. The van der Waals surface area contributed by atoms with Crippen molar-refractivity contribution in [1.29, 1.82) is 0 Å². The Morgan fingerprint density at radius 3 is 3.25 bits per heavy atom. The molecule has 0 N–H and O–H groups in total. The quantitative estimate of drug-likeness (QED) is 0.667. The van der Waals surface area contributed by atoms with Crippen LogP contribution in [-0.4, -0.2) is 10.7 Å². The second-order valence-electron chi connectivity index (χ2n) is 4.04. The predicted molar refractivity (Wildman–Crippen MR) is 67.9 cm³/mol. The van der Waals surface area contributed by atoms with E-state index in [-0.39, 0.29) is 0 Å². The van der Waals surface area contributed by atoms with Gasteiger partial charge in [0.25, 0.3) is 0 Å². The van der Waals surface area contributed by atoms with Crippen molar-refractivity contribution in [3.63, 3.8) is 0 Å². The summed E-state index contributed by atoms with van der Waals surface area (Å²) >= 11 is 1.69. The third kappa shape index (κ3) is 1.06. The minimum Gasteiger partial charge on any atom is -0.261 e. The Morgan fingerprint density at radius 1 is 1.25 bits per heavy atom. The molecule has 0 amide bonds. The highest BCUT2D eigenvalue weighted by Gasteiger charge is 2.11. The van der Waals surface area contributed by atoms with Crippen LogP contribution in [0.3, 0.4) is 0 Å². The molecule has 0 saturated carbocycles. The number of aliphatic imine (C=N–C) groups is 1. The minimum absolute atomic E-state index is 0.957. The molecule has 0 radical (unpaired) electrons. The van der Waals surface area contributed by atoms with Gasteiger partial charge in [-0.1, -0.05) is 0 Å². The predicted octanol–water partition coefficient (Wildman–Crippen LogP) is 1.60. The van der Waals surface area contributed by atoms with Crippen LogP contribution in [0.1, 0.15) is 6.42 Å². The van der Waals surface area contributed by atoms with Crippen LogP contribution in [-0.2, 0) is 0 Å². The van der Waals surface area contributed by atoms with Gasteiger partial charge in [-0.2, -0.15) is 0 Å². The Balaban J connectivity index is 2.28. The molecule has 0 unspecified atom stereocenters. The summed E-state index contributed by atoms with van der Waals surface area (Å²) in [5.74, 6) is 0. The number of rotatable bonds is 0. The van der Waals surface area contributed by atoms with Gasteiger partial charge in [0.15, 0.2) is 0 Å². The minimum atomic E-state index is 0.957. The summed E-state index contributed by atoms with van der Waals surface area (Å²) in [4.78, 5) is 8.73. The molecular formula is C13H8N2S. The Morgan fingerprint density at radius 2 is 2.25 bits per heavy atom. The van der Waals surface area contributed by atoms with Crippen LogP contribution in [0.15, 0.2) is 34.9 Å². The summed E-state index contributed by atoms with van der Waals surface area (Å²) in [5, 5.41) is 2.59. The third-order valence-electron chi connectivity index (χ3n) is 3.06. The molecule has 3 heteroatoms. The summed E-state index contributed by atoms with van der Waals surface area (Å²) in [6.07, 6.45) is 7.13. The first kappa shape index (κ1) is 8.42. The van der Waals surface area contributed by atoms with Gasteiger partial charge in [-0.25, -0.2) is 4.98 Å². The number of aromatic nitrogens is 1. The van der Waals surface area contributed by atoms with Crippen LogP contribution >= 0.6 is 11.3 Å². The molecule has 0 atom stereocenters. The molecule has 76 valence electrons. The van der Waals surface area contributed by atoms with Gasteiger partial charge in [-0.05, 0) is 40.3 Å². The van der Waals surface area contributed by atoms with Gasteiger partial charge in [0.2, 0.25) is 0 Å². The van der Waals surface area contributed by atoms with E-state index in [1.807, 2.05) is 11.7 Å². The molecule has 0 spiro atoms. The van der Waals surface area contributed by atoms with Gasteiger partial charge in [-0.15, -0.1) is 11.3 Å². The van der Waals surface area contributed by atoms with E-state index in [0.717, 1.165) is 17.6 Å². The standard InChI is InChI=1S/C13H8N2S/c1-2-14-10-3-8(1)11-6-12-13(16-7-15-12)5-9(11)4-10/h1-2,4-7H,3H2. The van der Waals surface area contributed by atoms with E-state index < -0.39 is 0 Å². The van der Waals surface area contributed by atoms with Crippen LogP contribution < -0.4 is 10.4 Å². The molecule has 16 heavy (non-hydrogen) atoms. The number of hydrogen-bond donors (Lipinski definition) is 0. The van der Waals surface area contributed by atoms with Crippen molar-refractivity contribution in [2.45, 2.75) is 6.42 Å². The van der Waals surface area contributed by atoms with Gasteiger partial charge in [0.1, 0.15) is 0 Å². The van der Waals surface area contributed by atoms with E-state index in [9.17, 15) is 0 Å². The van der Waals surface area contributed by atoms with E-state index in [2.05, 4.69) is 34.3 Å². The van der Waals surface area contributed by atoms with Crippen molar-refractivity contribution in [3.8, 4) is 0 Å². The van der Waals surface area contributed by atoms with Crippen molar-refractivity contribution in [2.24, 2.45) is 4.99 Å². The summed E-state index contributed by atoms with van der Waals surface area (Å²) in [6.45, 7) is 0. The maximum atomic E-state index is 4.37. The number of thiazole rings is 1. The molecule has 2 nitrogen and oxygen atoms in total. The lowest BCUT2D eigenvalue weighted by atomic mass is 9.96. The Labute approximate surface area is 96.0 Å². The first-order valence-corrected chi connectivity index (χ1v) is 6.09. The normalized spacial score (nSPS) is 17.0. The highest BCUT2D eigenvalue weighted by atomic mass is 32.1. The summed E-state index contributed by atoms with van der Waals surface area (Å²) < 4.78 is 1.25. The number of allylic oxidation sites excluding steroid dienone is 1. The van der Waals surface area contributed by atoms with Gasteiger partial charge in [-0.3, -0.25) is 4.99 Å². The monoisotopic (exact) mass is 224 g/mol. The van der Waals surface area contributed by atoms with Gasteiger partial charge >= 0.3 is 0 Å². The molecule has 2 bridgehead atoms. The maximum absolute atomic E-state index is 4.37. The third-order valence-corrected chi connectivity index (χ3v) is 3.85. The first-order valence-electron chi connectivity index (χ1n) is 5.21. The van der Waals surface area contributed by atoms with Crippen molar-refractivity contribution < 1.29 is 0 Å². The molecule has 1 aliphatic carbocycles. The van der Waals surface area contributed by atoms with E-state index in [0.29, 0.717) is 0 Å². The number of nitrogens with zero attached hydrogens (tertiary/aromatic N) is 2. The topological polar surface area (TPSA) is 25.2 Å². The van der Waals surface area contributed by atoms with Crippen LogP contribution in [0.5, 0.6) is 0 Å². The zero-order chi connectivity index (χ0) is 10.5. The van der Waals surface area contributed by atoms with Crippen molar-refractivity contribution >= 4 is 38.9 Å². The molecule has 2 aliphatic rings. The van der Waals surface area contributed by atoms with Crippen LogP contribution in [0.2, 0.25) is 0 Å². The maximum Gasteiger partial charge on any atom is 0.0818 e. The lowest BCUT2D eigenvalue weighted by molar-refractivity contribution is 1.34. The first-order chi connectivity index (χ1) is 7.90. The number of fused-ring (bicyclic) bond motifs is 4. The molecule has 0 fully saturated rings. The molecule has 1 aromatic carbocycles. The molecule has 4 rings (SSSR count). The summed E-state index contributed by atoms with van der Waals surface area (Å²) in [7, 11) is 0. The molecule has 2 aromatic rings. The highest BCUT2D eigenvalue weighted by Crippen LogP contribution is 2.17. The van der Waals surface area contributed by atoms with Gasteiger partial charge < -0.3 is 0 Å². The summed E-state index contributed by atoms with van der Waals surface area (Å²) in [6, 6.07) is 4.41. The Bertz CT molecular complexity index is 778. The molecule has 1 aromatic heterocycles. The van der Waals surface area contributed by atoms with Gasteiger partial charge in [0.05, 0.1) is 15.7 Å². The zero-order valence-electron chi connectivity index (χ0n) is 8.47. The van der Waals surface area contributed by atoms with E-state index >= 15 is 0 Å². The van der Waals surface area contributed by atoms with Crippen molar-refractivity contribution in [2.75, 3.05) is 0 Å². The van der Waals surface area contributed by atoms with Gasteiger partial charge in [0, 0.05) is 18.3 Å². The van der Waals surface area contributed by atoms with Crippen molar-refractivity contribution in [1.82, 2.24) is 4.98 Å². The van der Waals surface area contributed by atoms with Crippen LogP contribution in [0.25, 0.3) is 21.9 Å². The zero-order valence-corrected chi connectivity index (χ0v) is 9.29. The van der Waals surface area contributed by atoms with E-state index in [1.165, 1.54) is 20.7 Å². The fourth-order valence-electron chi connectivity index (χ4n) is 2.29. The van der Waals surface area contributed by atoms with E-state index in [1.54, 1.807) is 11.3 Å². The molecule has 1 aliphatic heterocycles. The van der Waals surface area contributed by atoms with Crippen LogP contribution in [0, 0.1) is 0 Å². The average molecular weight is 224 g/mol. The molecular weight excluding hydrogens is 216 g/mol. The fraction of sp³-hybridized carbons (Fsp3) is 0.0769. The number of hydrogen-bond acceptors (Lipinski definition) is 3. The summed E-state index contributed by atoms with van der Waals surface area (Å²) in [5.41, 5.74) is 5.52. The smallest absolute Gasteiger partial charge is 0.0818 e. The Hall–Kier alpha value is -1.74. The molecule has 2 heterocycles. The Kier molecular flexibility index (Phi) is 1.52. The second-order valence-corrected chi connectivity index (χ2v) is 4.93. The lowest BCUT2D eigenvalue weighted by Crippen LogP contribution is -2.32. The average Bonchev–Trinajstić information content (AvgIpc) is 2.74. The highest BCUT2D eigenvalue weighted by molar-refractivity contribution is 7.16. The number of benzene rings is 1. The largest absolute Gasteiger partial charge is 0.261 e. The van der Waals surface area contributed by atoms with Crippen molar-refractivity contribution in [3.05, 3.63) is 40.4 Å². The second kappa shape index (κ2) is 2.89. The SMILES string of the molecule is C1=CC2=c3cc4ncsc4cc3=CC(=N1)C2. The fourth-order valence-corrected chi connectivity index (χ4v) is 3.00. The van der Waals surface area contributed by atoms with Crippen LogP contribution in [0.4, 0.5) is 0 Å². The van der Waals surface area contributed by atoms with E-state index in [4.69, 9.17) is 0 Å².